The molecule has 2 aliphatic heterocycles. The summed E-state index contributed by atoms with van der Waals surface area (Å²) in [5.74, 6) is -0.733. The van der Waals surface area contributed by atoms with E-state index in [-0.39, 0.29) is 5.92 Å². The minimum atomic E-state index is -0.628. The Hall–Kier alpha value is -0.610. The van der Waals surface area contributed by atoms with Crippen LogP contribution < -0.4 is 0 Å². The van der Waals surface area contributed by atoms with Crippen LogP contribution in [0.4, 0.5) is 0 Å². The Balaban J connectivity index is 1.78. The molecule has 0 aromatic heterocycles. The number of hydrogen-bond donors (Lipinski definition) is 1. The highest BCUT2D eigenvalue weighted by Gasteiger charge is 2.36. The van der Waals surface area contributed by atoms with E-state index in [9.17, 15) is 4.79 Å². The Morgan fingerprint density at radius 1 is 1.27 bits per heavy atom. The molecule has 15 heavy (non-hydrogen) atoms. The molecule has 0 radical (unpaired) electrons. The first kappa shape index (κ1) is 10.9. The van der Waals surface area contributed by atoms with E-state index in [0.29, 0.717) is 6.04 Å². The van der Waals surface area contributed by atoms with Crippen molar-refractivity contribution < 1.29 is 9.90 Å². The summed E-state index contributed by atoms with van der Waals surface area (Å²) >= 11 is 0. The van der Waals surface area contributed by atoms with Crippen LogP contribution in [-0.4, -0.2) is 60.1 Å². The van der Waals surface area contributed by atoms with Gasteiger partial charge >= 0.3 is 5.97 Å². The number of hydrogen-bond acceptors (Lipinski definition) is 3. The van der Waals surface area contributed by atoms with Gasteiger partial charge in [-0.25, -0.2) is 0 Å². The molecule has 0 amide bonds. The van der Waals surface area contributed by atoms with Crippen molar-refractivity contribution >= 4 is 5.97 Å². The van der Waals surface area contributed by atoms with Crippen molar-refractivity contribution in [3.05, 3.63) is 0 Å². The maximum absolute atomic E-state index is 10.7. The minimum Gasteiger partial charge on any atom is -0.481 e. The van der Waals surface area contributed by atoms with Crippen molar-refractivity contribution in [3.63, 3.8) is 0 Å². The molecule has 1 unspecified atom stereocenters. The topological polar surface area (TPSA) is 43.8 Å². The molecule has 2 saturated heterocycles. The van der Waals surface area contributed by atoms with E-state index in [1.54, 1.807) is 0 Å². The molecule has 0 aromatic carbocycles. The molecule has 4 heteroatoms. The summed E-state index contributed by atoms with van der Waals surface area (Å²) in [6, 6.07) is 0.630. The fraction of sp³-hybridized carbons (Fsp3) is 0.909. The number of carboxylic acid groups (broad SMARTS) is 1. The first-order valence-electron chi connectivity index (χ1n) is 5.82. The second-order valence-electron chi connectivity index (χ2n) is 4.88. The van der Waals surface area contributed by atoms with E-state index in [1.165, 1.54) is 25.8 Å². The standard InChI is InChI=1S/C11H20N2O2/c1-12-5-2-3-10(4-6-12)13-7-9(8-13)11(14)15/h9-10H,2-8H2,1H3,(H,14,15). The van der Waals surface area contributed by atoms with Crippen LogP contribution in [0.25, 0.3) is 0 Å². The fourth-order valence-electron chi connectivity index (χ4n) is 2.55. The highest BCUT2D eigenvalue weighted by Crippen LogP contribution is 2.24. The second-order valence-corrected chi connectivity index (χ2v) is 4.88. The lowest BCUT2D eigenvalue weighted by atomic mass is 9.95. The predicted octanol–water partition coefficient (Wildman–Crippen LogP) is 0.487. The average molecular weight is 212 g/mol. The molecule has 0 aromatic rings. The van der Waals surface area contributed by atoms with E-state index in [2.05, 4.69) is 16.8 Å². The molecule has 0 spiro atoms. The molecule has 0 bridgehead atoms. The molecule has 4 nitrogen and oxygen atoms in total. The quantitative estimate of drug-likeness (QED) is 0.723. The third kappa shape index (κ3) is 2.49. The van der Waals surface area contributed by atoms with Crippen molar-refractivity contribution in [1.29, 1.82) is 0 Å². The predicted molar refractivity (Wildman–Crippen MR) is 57.8 cm³/mol. The van der Waals surface area contributed by atoms with Gasteiger partial charge in [-0.1, -0.05) is 0 Å². The van der Waals surface area contributed by atoms with Crippen molar-refractivity contribution in [2.75, 3.05) is 33.2 Å². The summed E-state index contributed by atoms with van der Waals surface area (Å²) in [4.78, 5) is 15.4. The van der Waals surface area contributed by atoms with Gasteiger partial charge in [0.1, 0.15) is 0 Å². The monoisotopic (exact) mass is 212 g/mol. The van der Waals surface area contributed by atoms with Crippen LogP contribution in [0.5, 0.6) is 0 Å². The third-order valence-corrected chi connectivity index (χ3v) is 3.70. The van der Waals surface area contributed by atoms with Gasteiger partial charge in [0, 0.05) is 19.1 Å². The van der Waals surface area contributed by atoms with Gasteiger partial charge in [0.05, 0.1) is 5.92 Å². The molecule has 2 rings (SSSR count). The first-order valence-corrected chi connectivity index (χ1v) is 5.82. The summed E-state index contributed by atoms with van der Waals surface area (Å²) in [7, 11) is 2.17. The Morgan fingerprint density at radius 3 is 2.67 bits per heavy atom. The van der Waals surface area contributed by atoms with E-state index in [1.807, 2.05) is 0 Å². The first-order chi connectivity index (χ1) is 7.16. The Labute approximate surface area is 90.9 Å². The molecular formula is C11H20N2O2. The average Bonchev–Trinajstić information content (AvgIpc) is 2.28. The van der Waals surface area contributed by atoms with Crippen molar-refractivity contribution in [1.82, 2.24) is 9.80 Å². The van der Waals surface area contributed by atoms with Crippen LogP contribution in [0.15, 0.2) is 0 Å². The lowest BCUT2D eigenvalue weighted by Gasteiger charge is -2.42. The smallest absolute Gasteiger partial charge is 0.309 e. The third-order valence-electron chi connectivity index (χ3n) is 3.70. The zero-order valence-corrected chi connectivity index (χ0v) is 9.35. The molecule has 1 N–H and O–H groups in total. The number of aliphatic carboxylic acids is 1. The van der Waals surface area contributed by atoms with Gasteiger partial charge in [0.25, 0.3) is 0 Å². The van der Waals surface area contributed by atoms with Crippen LogP contribution in [0, 0.1) is 5.92 Å². The van der Waals surface area contributed by atoms with Crippen molar-refractivity contribution in [2.45, 2.75) is 25.3 Å². The van der Waals surface area contributed by atoms with Gasteiger partial charge in [-0.15, -0.1) is 0 Å². The number of carbonyl (C=O) groups is 1. The highest BCUT2D eigenvalue weighted by atomic mass is 16.4. The van der Waals surface area contributed by atoms with Crippen LogP contribution >= 0.6 is 0 Å². The Kier molecular flexibility index (Phi) is 3.26. The maximum Gasteiger partial charge on any atom is 0.309 e. The van der Waals surface area contributed by atoms with Crippen molar-refractivity contribution in [3.8, 4) is 0 Å². The molecule has 2 heterocycles. The summed E-state index contributed by atoms with van der Waals surface area (Å²) < 4.78 is 0. The van der Waals surface area contributed by atoms with Gasteiger partial charge in [-0.05, 0) is 39.4 Å². The highest BCUT2D eigenvalue weighted by molar-refractivity contribution is 5.71. The molecule has 1 atom stereocenters. The Bertz CT molecular complexity index is 239. The SMILES string of the molecule is CN1CCCC(N2CC(C(=O)O)C2)CC1. The summed E-state index contributed by atoms with van der Waals surface area (Å²) in [6.07, 6.45) is 3.68. The maximum atomic E-state index is 10.7. The van der Waals surface area contributed by atoms with Crippen LogP contribution in [-0.2, 0) is 4.79 Å². The van der Waals surface area contributed by atoms with Gasteiger partial charge < -0.3 is 10.0 Å². The van der Waals surface area contributed by atoms with E-state index in [0.717, 1.165) is 19.6 Å². The summed E-state index contributed by atoms with van der Waals surface area (Å²) in [6.45, 7) is 3.87. The number of likely N-dealkylation sites (tertiary alicyclic amines) is 2. The molecule has 0 saturated carbocycles. The number of nitrogens with zero attached hydrogens (tertiary/aromatic N) is 2. The van der Waals surface area contributed by atoms with Gasteiger partial charge in [0.15, 0.2) is 0 Å². The van der Waals surface area contributed by atoms with E-state index < -0.39 is 5.97 Å². The fourth-order valence-corrected chi connectivity index (χ4v) is 2.55. The number of carboxylic acids is 1. The van der Waals surface area contributed by atoms with Crippen molar-refractivity contribution in [2.24, 2.45) is 5.92 Å². The lowest BCUT2D eigenvalue weighted by Crippen LogP contribution is -2.54. The van der Waals surface area contributed by atoms with Crippen LogP contribution in [0.1, 0.15) is 19.3 Å². The van der Waals surface area contributed by atoms with Gasteiger partial charge in [0.2, 0.25) is 0 Å². The molecule has 86 valence electrons. The summed E-state index contributed by atoms with van der Waals surface area (Å²) in [5.41, 5.74) is 0. The van der Waals surface area contributed by atoms with Crippen LogP contribution in [0.2, 0.25) is 0 Å². The molecule has 2 aliphatic rings. The van der Waals surface area contributed by atoms with E-state index in [4.69, 9.17) is 5.11 Å². The van der Waals surface area contributed by atoms with Gasteiger partial charge in [-0.3, -0.25) is 9.69 Å². The second kappa shape index (κ2) is 4.49. The molecular weight excluding hydrogens is 192 g/mol. The minimum absolute atomic E-state index is 0.106. The Morgan fingerprint density at radius 2 is 2.00 bits per heavy atom. The zero-order valence-electron chi connectivity index (χ0n) is 9.35. The normalized spacial score (nSPS) is 30.9. The largest absolute Gasteiger partial charge is 0.481 e. The van der Waals surface area contributed by atoms with Gasteiger partial charge in [-0.2, -0.15) is 0 Å². The number of rotatable bonds is 2. The van der Waals surface area contributed by atoms with Crippen LogP contribution in [0.3, 0.4) is 0 Å². The zero-order chi connectivity index (χ0) is 10.8. The lowest BCUT2D eigenvalue weighted by molar-refractivity contribution is -0.148. The summed E-state index contributed by atoms with van der Waals surface area (Å²) in [5, 5.41) is 8.81. The molecule has 0 aliphatic carbocycles. The molecule has 2 fully saturated rings. The van der Waals surface area contributed by atoms with E-state index >= 15 is 0 Å².